The summed E-state index contributed by atoms with van der Waals surface area (Å²) in [5.74, 6) is 1.32. The number of ether oxygens (including phenoxy) is 1. The Hall–Kier alpha value is -1.83. The Morgan fingerprint density at radius 2 is 2.00 bits per heavy atom. The Kier molecular flexibility index (Phi) is 5.78. The lowest BCUT2D eigenvalue weighted by molar-refractivity contribution is 0.303. The van der Waals surface area contributed by atoms with Crippen LogP contribution in [0.15, 0.2) is 40.9 Å². The van der Waals surface area contributed by atoms with Crippen LogP contribution < -0.4 is 10.1 Å². The maximum Gasteiger partial charge on any atom is 0.242 e. The van der Waals surface area contributed by atoms with Gasteiger partial charge in [-0.2, -0.15) is 0 Å². The predicted octanol–water partition coefficient (Wildman–Crippen LogP) is 4.47. The van der Waals surface area contributed by atoms with Gasteiger partial charge >= 0.3 is 0 Å². The van der Waals surface area contributed by atoms with Gasteiger partial charge in [-0.3, -0.25) is 0 Å². The van der Waals surface area contributed by atoms with Gasteiger partial charge in [-0.1, -0.05) is 50.3 Å². The Morgan fingerprint density at radius 1 is 1.16 bits per heavy atom. The van der Waals surface area contributed by atoms with Crippen LogP contribution in [-0.4, -0.2) is 20.2 Å². The van der Waals surface area contributed by atoms with Crippen LogP contribution in [0.1, 0.15) is 11.1 Å². The van der Waals surface area contributed by atoms with Crippen LogP contribution in [0.3, 0.4) is 0 Å². The van der Waals surface area contributed by atoms with E-state index in [2.05, 4.69) is 36.8 Å². The highest BCUT2D eigenvalue weighted by Gasteiger charge is 2.09. The van der Waals surface area contributed by atoms with E-state index < -0.39 is 0 Å². The van der Waals surface area contributed by atoms with E-state index in [-0.39, 0.29) is 0 Å². The summed E-state index contributed by atoms with van der Waals surface area (Å²) in [4.78, 5) is 0. The molecule has 9 heteroatoms. The van der Waals surface area contributed by atoms with E-state index in [1.54, 1.807) is 23.9 Å². The van der Waals surface area contributed by atoms with Crippen molar-refractivity contribution in [3.05, 3.63) is 62.0 Å². The molecular formula is C16H14BrCl2N5O. The lowest BCUT2D eigenvalue weighted by Gasteiger charge is -2.13. The third-order valence-electron chi connectivity index (χ3n) is 3.48. The van der Waals surface area contributed by atoms with Crippen molar-refractivity contribution in [1.29, 1.82) is 0 Å². The van der Waals surface area contributed by atoms with Crippen molar-refractivity contribution in [1.82, 2.24) is 20.2 Å². The van der Waals surface area contributed by atoms with Crippen LogP contribution in [-0.2, 0) is 20.2 Å². The smallest absolute Gasteiger partial charge is 0.242 e. The Morgan fingerprint density at radius 3 is 2.72 bits per heavy atom. The van der Waals surface area contributed by atoms with E-state index in [4.69, 9.17) is 27.9 Å². The van der Waals surface area contributed by atoms with Crippen LogP contribution in [0.2, 0.25) is 10.0 Å². The second-order valence-corrected chi connectivity index (χ2v) is 7.02. The van der Waals surface area contributed by atoms with Gasteiger partial charge in [0, 0.05) is 39.2 Å². The molecule has 0 fully saturated rings. The molecule has 0 aliphatic heterocycles. The number of anilines is 1. The van der Waals surface area contributed by atoms with Crippen LogP contribution in [0.25, 0.3) is 0 Å². The number of benzene rings is 2. The third-order valence-corrected chi connectivity index (χ3v) is 4.56. The fourth-order valence-electron chi connectivity index (χ4n) is 2.17. The second-order valence-electron chi connectivity index (χ2n) is 5.26. The van der Waals surface area contributed by atoms with Gasteiger partial charge in [-0.25, -0.2) is 4.68 Å². The number of rotatable bonds is 6. The molecule has 3 rings (SSSR count). The summed E-state index contributed by atoms with van der Waals surface area (Å²) in [6.45, 7) is 0.855. The van der Waals surface area contributed by atoms with E-state index >= 15 is 0 Å². The SMILES string of the molecule is Cn1nnnc1NCc1cc(Br)ccc1OCc1ccc(Cl)cc1Cl. The maximum atomic E-state index is 6.20. The molecule has 0 aliphatic rings. The first-order valence-corrected chi connectivity index (χ1v) is 8.89. The summed E-state index contributed by atoms with van der Waals surface area (Å²) in [5.41, 5.74) is 1.83. The van der Waals surface area contributed by atoms with Gasteiger partial charge in [0.05, 0.1) is 0 Å². The molecule has 0 spiro atoms. The Bertz CT molecular complexity index is 887. The predicted molar refractivity (Wildman–Crippen MR) is 101 cm³/mol. The van der Waals surface area contributed by atoms with Crippen molar-refractivity contribution in [2.24, 2.45) is 7.05 Å². The van der Waals surface area contributed by atoms with Crippen molar-refractivity contribution in [3.8, 4) is 5.75 Å². The number of aryl methyl sites for hydroxylation is 1. The average molecular weight is 443 g/mol. The molecule has 0 aliphatic carbocycles. The summed E-state index contributed by atoms with van der Waals surface area (Å²) in [6.07, 6.45) is 0. The Labute approximate surface area is 163 Å². The molecule has 25 heavy (non-hydrogen) atoms. The van der Waals surface area contributed by atoms with Gasteiger partial charge < -0.3 is 10.1 Å². The summed E-state index contributed by atoms with van der Waals surface area (Å²) in [7, 11) is 1.77. The number of halogens is 3. The van der Waals surface area contributed by atoms with Crippen LogP contribution in [0, 0.1) is 0 Å². The number of nitrogens with zero attached hydrogens (tertiary/aromatic N) is 4. The Balaban J connectivity index is 1.73. The average Bonchev–Trinajstić information content (AvgIpc) is 2.98. The monoisotopic (exact) mass is 441 g/mol. The molecule has 2 aromatic carbocycles. The quantitative estimate of drug-likeness (QED) is 0.610. The number of nitrogens with one attached hydrogen (secondary N) is 1. The number of hydrogen-bond acceptors (Lipinski definition) is 5. The molecule has 1 N–H and O–H groups in total. The fraction of sp³-hybridized carbons (Fsp3) is 0.188. The normalized spacial score (nSPS) is 10.7. The summed E-state index contributed by atoms with van der Waals surface area (Å²) in [5, 5.41) is 15.6. The summed E-state index contributed by atoms with van der Waals surface area (Å²) in [6, 6.07) is 11.2. The van der Waals surface area contributed by atoms with Crippen molar-refractivity contribution in [3.63, 3.8) is 0 Å². The van der Waals surface area contributed by atoms with E-state index in [1.807, 2.05) is 24.3 Å². The van der Waals surface area contributed by atoms with Crippen molar-refractivity contribution in [2.75, 3.05) is 5.32 Å². The van der Waals surface area contributed by atoms with E-state index in [9.17, 15) is 0 Å². The molecule has 0 unspecified atom stereocenters. The summed E-state index contributed by atoms with van der Waals surface area (Å²) >= 11 is 15.6. The number of tetrazole rings is 1. The van der Waals surface area contributed by atoms with Crippen LogP contribution in [0.4, 0.5) is 5.95 Å². The van der Waals surface area contributed by atoms with Gasteiger partial charge in [-0.05, 0) is 40.8 Å². The van der Waals surface area contributed by atoms with Crippen molar-refractivity contribution in [2.45, 2.75) is 13.2 Å². The third kappa shape index (κ3) is 4.62. The minimum atomic E-state index is 0.343. The highest BCUT2D eigenvalue weighted by Crippen LogP contribution is 2.27. The molecule has 1 aromatic heterocycles. The van der Waals surface area contributed by atoms with E-state index in [1.165, 1.54) is 0 Å². The zero-order valence-corrected chi connectivity index (χ0v) is 16.3. The van der Waals surface area contributed by atoms with Crippen LogP contribution in [0.5, 0.6) is 5.75 Å². The molecule has 0 atom stereocenters. The van der Waals surface area contributed by atoms with E-state index in [0.717, 1.165) is 21.3 Å². The van der Waals surface area contributed by atoms with Crippen molar-refractivity contribution >= 4 is 45.1 Å². The second kappa shape index (κ2) is 8.03. The highest BCUT2D eigenvalue weighted by atomic mass is 79.9. The zero-order chi connectivity index (χ0) is 17.8. The number of aromatic nitrogens is 4. The summed E-state index contributed by atoms with van der Waals surface area (Å²) < 4.78 is 8.47. The largest absolute Gasteiger partial charge is 0.488 e. The fourth-order valence-corrected chi connectivity index (χ4v) is 3.05. The van der Waals surface area contributed by atoms with E-state index in [0.29, 0.717) is 29.1 Å². The molecule has 1 heterocycles. The maximum absolute atomic E-state index is 6.20. The molecular weight excluding hydrogens is 429 g/mol. The molecule has 6 nitrogen and oxygen atoms in total. The minimum Gasteiger partial charge on any atom is -0.488 e. The molecule has 0 saturated heterocycles. The first-order chi connectivity index (χ1) is 12.0. The molecule has 0 radical (unpaired) electrons. The first-order valence-electron chi connectivity index (χ1n) is 7.34. The topological polar surface area (TPSA) is 64.9 Å². The van der Waals surface area contributed by atoms with Gasteiger partial charge in [0.15, 0.2) is 0 Å². The molecule has 0 amide bonds. The number of hydrogen-bond donors (Lipinski definition) is 1. The lowest BCUT2D eigenvalue weighted by atomic mass is 10.2. The van der Waals surface area contributed by atoms with Gasteiger partial charge in [0.1, 0.15) is 12.4 Å². The van der Waals surface area contributed by atoms with Gasteiger partial charge in [0.2, 0.25) is 5.95 Å². The van der Waals surface area contributed by atoms with Gasteiger partial charge in [0.25, 0.3) is 0 Å². The molecule has 0 bridgehead atoms. The standard InChI is InChI=1S/C16H14BrCl2N5O/c1-24-16(21-22-23-24)20-8-11-6-12(17)3-5-15(11)25-9-10-2-4-13(18)7-14(10)19/h2-7H,8-9H2,1H3,(H,20,21,23). The lowest BCUT2D eigenvalue weighted by Crippen LogP contribution is -2.07. The minimum absolute atomic E-state index is 0.343. The highest BCUT2D eigenvalue weighted by molar-refractivity contribution is 9.10. The molecule has 0 saturated carbocycles. The molecule has 3 aromatic rings. The van der Waals surface area contributed by atoms with Crippen molar-refractivity contribution < 1.29 is 4.74 Å². The van der Waals surface area contributed by atoms with Crippen LogP contribution >= 0.6 is 39.1 Å². The van der Waals surface area contributed by atoms with Gasteiger partial charge in [-0.15, -0.1) is 0 Å². The molecule has 130 valence electrons. The first kappa shape index (κ1) is 18.0. The zero-order valence-electron chi connectivity index (χ0n) is 13.2.